The van der Waals surface area contributed by atoms with Crippen molar-refractivity contribution < 1.29 is 4.79 Å². The smallest absolute Gasteiger partial charge is 0.138 e. The van der Waals surface area contributed by atoms with Crippen LogP contribution in [0, 0.1) is 0 Å². The Labute approximate surface area is 65.2 Å². The molecule has 1 aliphatic rings. The number of carbonyl (C=O) groups excluding carboxylic acids is 1. The summed E-state index contributed by atoms with van der Waals surface area (Å²) >= 11 is 0. The highest BCUT2D eigenvalue weighted by atomic mass is 16.1. The fourth-order valence-corrected chi connectivity index (χ4v) is 1.23. The maximum atomic E-state index is 10.3. The summed E-state index contributed by atoms with van der Waals surface area (Å²) in [4.78, 5) is 10.3. The molecule has 0 spiro atoms. The molecule has 11 heavy (non-hydrogen) atoms. The third kappa shape index (κ3) is 1.17. The van der Waals surface area contributed by atoms with Gasteiger partial charge in [-0.3, -0.25) is 5.32 Å². The molecule has 1 N–H and O–H groups in total. The van der Waals surface area contributed by atoms with Crippen molar-refractivity contribution in [2.75, 3.05) is 0 Å². The van der Waals surface area contributed by atoms with Gasteiger partial charge in [0.2, 0.25) is 0 Å². The summed E-state index contributed by atoms with van der Waals surface area (Å²) in [5.74, 6) is 0. The van der Waals surface area contributed by atoms with Gasteiger partial charge in [0.25, 0.3) is 0 Å². The number of benzene rings is 1. The van der Waals surface area contributed by atoms with Crippen LogP contribution in [0.15, 0.2) is 30.3 Å². The van der Waals surface area contributed by atoms with Gasteiger partial charge < -0.3 is 4.79 Å². The monoisotopic (exact) mass is 147 g/mol. The highest BCUT2D eigenvalue weighted by Crippen LogP contribution is 2.27. The Morgan fingerprint density at radius 1 is 1.27 bits per heavy atom. The molecule has 1 fully saturated rings. The summed E-state index contributed by atoms with van der Waals surface area (Å²) in [6.07, 6.45) is 0.956. The van der Waals surface area contributed by atoms with E-state index in [0.717, 1.165) is 6.29 Å². The lowest BCUT2D eigenvalue weighted by atomic mass is 10.1. The second-order valence-electron chi connectivity index (χ2n) is 2.72. The highest BCUT2D eigenvalue weighted by molar-refractivity contribution is 5.65. The number of hydrogen-bond acceptors (Lipinski definition) is 2. The molecule has 2 nitrogen and oxygen atoms in total. The predicted molar refractivity (Wildman–Crippen MR) is 42.2 cm³/mol. The van der Waals surface area contributed by atoms with Crippen LogP contribution in [-0.2, 0) is 4.79 Å². The van der Waals surface area contributed by atoms with Crippen LogP contribution >= 0.6 is 0 Å². The molecule has 0 aromatic heterocycles. The quantitative estimate of drug-likeness (QED) is 0.498. The zero-order valence-electron chi connectivity index (χ0n) is 6.03. The first kappa shape index (κ1) is 6.55. The van der Waals surface area contributed by atoms with Crippen molar-refractivity contribution >= 4 is 6.29 Å². The van der Waals surface area contributed by atoms with E-state index in [0.29, 0.717) is 0 Å². The van der Waals surface area contributed by atoms with E-state index in [1.54, 1.807) is 0 Å². The van der Waals surface area contributed by atoms with Crippen LogP contribution in [0.1, 0.15) is 11.6 Å². The lowest BCUT2D eigenvalue weighted by Gasteiger charge is -1.92. The van der Waals surface area contributed by atoms with Gasteiger partial charge >= 0.3 is 0 Å². The standard InChI is InChI=1S/C9H9NO/c11-6-8-9(10-8)7-4-2-1-3-5-7/h1-6,8-10H/t8?,9-/m1/s1. The lowest BCUT2D eigenvalue weighted by Crippen LogP contribution is -1.89. The van der Waals surface area contributed by atoms with Gasteiger partial charge in [0.15, 0.2) is 0 Å². The molecule has 1 heterocycles. The third-order valence-corrected chi connectivity index (χ3v) is 1.93. The van der Waals surface area contributed by atoms with Gasteiger partial charge in [0.1, 0.15) is 6.29 Å². The topological polar surface area (TPSA) is 39.0 Å². The molecule has 0 amide bonds. The molecule has 0 aliphatic carbocycles. The van der Waals surface area contributed by atoms with E-state index in [4.69, 9.17) is 0 Å². The van der Waals surface area contributed by atoms with E-state index in [1.165, 1.54) is 5.56 Å². The van der Waals surface area contributed by atoms with Crippen molar-refractivity contribution in [1.29, 1.82) is 0 Å². The van der Waals surface area contributed by atoms with Gasteiger partial charge in [-0.25, -0.2) is 0 Å². The molecule has 0 bridgehead atoms. The van der Waals surface area contributed by atoms with E-state index >= 15 is 0 Å². The molecule has 0 radical (unpaired) electrons. The van der Waals surface area contributed by atoms with Gasteiger partial charge in [-0.2, -0.15) is 0 Å². The molecular weight excluding hydrogens is 138 g/mol. The molecule has 1 saturated heterocycles. The maximum Gasteiger partial charge on any atom is 0.138 e. The van der Waals surface area contributed by atoms with Gasteiger partial charge in [0.05, 0.1) is 12.1 Å². The second kappa shape index (κ2) is 2.47. The van der Waals surface area contributed by atoms with Gasteiger partial charge in [-0.15, -0.1) is 0 Å². The molecule has 2 atom stereocenters. The zero-order chi connectivity index (χ0) is 7.68. The van der Waals surface area contributed by atoms with Crippen LogP contribution in [-0.4, -0.2) is 12.3 Å². The van der Waals surface area contributed by atoms with Gasteiger partial charge in [0, 0.05) is 0 Å². The molecule has 1 aromatic rings. The van der Waals surface area contributed by atoms with Gasteiger partial charge in [-0.1, -0.05) is 30.3 Å². The Balaban J connectivity index is 2.14. The van der Waals surface area contributed by atoms with Crippen LogP contribution in [0.5, 0.6) is 0 Å². The van der Waals surface area contributed by atoms with Crippen molar-refractivity contribution in [2.24, 2.45) is 0 Å². The minimum atomic E-state index is 0.0531. The Morgan fingerprint density at radius 2 is 2.00 bits per heavy atom. The maximum absolute atomic E-state index is 10.3. The van der Waals surface area contributed by atoms with Crippen LogP contribution in [0.2, 0.25) is 0 Å². The van der Waals surface area contributed by atoms with Crippen LogP contribution in [0.25, 0.3) is 0 Å². The van der Waals surface area contributed by atoms with E-state index in [2.05, 4.69) is 5.32 Å². The predicted octanol–water partition coefficient (Wildman–Crippen LogP) is 0.898. The highest BCUT2D eigenvalue weighted by Gasteiger charge is 2.36. The molecule has 1 aliphatic heterocycles. The number of aldehydes is 1. The molecule has 2 rings (SSSR count). The van der Waals surface area contributed by atoms with E-state index < -0.39 is 0 Å². The average Bonchev–Trinajstić information content (AvgIpc) is 2.85. The van der Waals surface area contributed by atoms with E-state index in [9.17, 15) is 4.79 Å². The zero-order valence-corrected chi connectivity index (χ0v) is 6.03. The SMILES string of the molecule is O=CC1N[C@@H]1c1ccccc1. The summed E-state index contributed by atoms with van der Waals surface area (Å²) in [5, 5.41) is 3.07. The number of hydrogen-bond donors (Lipinski definition) is 1. The minimum Gasteiger partial charge on any atom is -0.302 e. The summed E-state index contributed by atoms with van der Waals surface area (Å²) in [6.45, 7) is 0. The van der Waals surface area contributed by atoms with Crippen molar-refractivity contribution in [3.8, 4) is 0 Å². The summed E-state index contributed by atoms with van der Waals surface area (Å²) in [6, 6.07) is 10.3. The van der Waals surface area contributed by atoms with Crippen molar-refractivity contribution in [1.82, 2.24) is 5.32 Å². The fraction of sp³-hybridized carbons (Fsp3) is 0.222. The lowest BCUT2D eigenvalue weighted by molar-refractivity contribution is -0.107. The molecule has 56 valence electrons. The molecular formula is C9H9NO. The first-order chi connectivity index (χ1) is 5.42. The summed E-state index contributed by atoms with van der Waals surface area (Å²) in [5.41, 5.74) is 1.20. The minimum absolute atomic E-state index is 0.0531. The number of rotatable bonds is 2. The average molecular weight is 147 g/mol. The summed E-state index contributed by atoms with van der Waals surface area (Å²) < 4.78 is 0. The van der Waals surface area contributed by atoms with Gasteiger partial charge in [-0.05, 0) is 5.56 Å². The Bertz CT molecular complexity index is 258. The third-order valence-electron chi connectivity index (χ3n) is 1.93. The first-order valence-corrected chi connectivity index (χ1v) is 3.68. The van der Waals surface area contributed by atoms with Crippen LogP contribution in [0.4, 0.5) is 0 Å². The molecule has 0 saturated carbocycles. The molecule has 2 heteroatoms. The van der Waals surface area contributed by atoms with Crippen LogP contribution < -0.4 is 5.32 Å². The summed E-state index contributed by atoms with van der Waals surface area (Å²) in [7, 11) is 0. The molecule has 1 unspecified atom stereocenters. The van der Waals surface area contributed by atoms with Crippen molar-refractivity contribution in [2.45, 2.75) is 12.1 Å². The van der Waals surface area contributed by atoms with Crippen LogP contribution in [0.3, 0.4) is 0 Å². The Hall–Kier alpha value is -1.15. The van der Waals surface area contributed by atoms with Crippen molar-refractivity contribution in [3.63, 3.8) is 0 Å². The Morgan fingerprint density at radius 3 is 2.55 bits per heavy atom. The largest absolute Gasteiger partial charge is 0.302 e. The molecule has 1 aromatic carbocycles. The van der Waals surface area contributed by atoms with E-state index in [1.807, 2.05) is 30.3 Å². The first-order valence-electron chi connectivity index (χ1n) is 3.68. The van der Waals surface area contributed by atoms with E-state index in [-0.39, 0.29) is 12.1 Å². The number of nitrogens with one attached hydrogen (secondary N) is 1. The second-order valence-corrected chi connectivity index (χ2v) is 2.72. The Kier molecular flexibility index (Phi) is 1.47. The normalized spacial score (nSPS) is 28.0. The fourth-order valence-electron chi connectivity index (χ4n) is 1.23. The number of carbonyl (C=O) groups is 1. The van der Waals surface area contributed by atoms with Crippen molar-refractivity contribution in [3.05, 3.63) is 35.9 Å².